The predicted molar refractivity (Wildman–Crippen MR) is 70.3 cm³/mol. The van der Waals surface area contributed by atoms with Gasteiger partial charge in [0, 0.05) is 6.54 Å². The standard InChI is InChI=1S/C14H23FN2O2/c1-2-6-11-12(18)16-14(7-3-4-8-14)13(19)17(11)10-5-9-15/h11H,2-10H2,1H3,(H,16,18). The van der Waals surface area contributed by atoms with E-state index in [0.29, 0.717) is 19.4 Å². The van der Waals surface area contributed by atoms with Crippen LogP contribution in [0.3, 0.4) is 0 Å². The minimum absolute atomic E-state index is 0.0106. The highest BCUT2D eigenvalue weighted by atomic mass is 19.1. The van der Waals surface area contributed by atoms with E-state index >= 15 is 0 Å². The fourth-order valence-electron chi connectivity index (χ4n) is 3.30. The number of amides is 2. The van der Waals surface area contributed by atoms with E-state index in [2.05, 4.69) is 5.32 Å². The predicted octanol–water partition coefficient (Wildman–Crippen LogP) is 1.79. The number of halogens is 1. The van der Waals surface area contributed by atoms with Gasteiger partial charge in [-0.1, -0.05) is 26.2 Å². The summed E-state index contributed by atoms with van der Waals surface area (Å²) in [5.74, 6) is -0.0429. The Hall–Kier alpha value is -1.13. The van der Waals surface area contributed by atoms with Gasteiger partial charge in [-0.2, -0.15) is 0 Å². The number of rotatable bonds is 5. The summed E-state index contributed by atoms with van der Waals surface area (Å²) in [6, 6.07) is -0.407. The second-order valence-corrected chi connectivity index (χ2v) is 5.62. The zero-order valence-electron chi connectivity index (χ0n) is 11.6. The first-order valence-corrected chi connectivity index (χ1v) is 7.33. The van der Waals surface area contributed by atoms with E-state index in [-0.39, 0.29) is 11.8 Å². The van der Waals surface area contributed by atoms with Crippen molar-refractivity contribution >= 4 is 11.8 Å². The van der Waals surface area contributed by atoms with Gasteiger partial charge in [0.25, 0.3) is 0 Å². The molecule has 2 rings (SSSR count). The molecule has 2 amide bonds. The average Bonchev–Trinajstić information content (AvgIpc) is 2.85. The molecule has 0 radical (unpaired) electrons. The van der Waals surface area contributed by atoms with Crippen LogP contribution in [0.2, 0.25) is 0 Å². The molecule has 4 nitrogen and oxygen atoms in total. The van der Waals surface area contributed by atoms with Gasteiger partial charge in [0.05, 0.1) is 6.67 Å². The van der Waals surface area contributed by atoms with E-state index in [1.807, 2.05) is 6.92 Å². The molecule has 1 aliphatic heterocycles. The van der Waals surface area contributed by atoms with Gasteiger partial charge >= 0.3 is 0 Å². The van der Waals surface area contributed by atoms with Crippen molar-refractivity contribution < 1.29 is 14.0 Å². The Morgan fingerprint density at radius 2 is 2.05 bits per heavy atom. The van der Waals surface area contributed by atoms with Crippen LogP contribution >= 0.6 is 0 Å². The number of carbonyl (C=O) groups is 2. The van der Waals surface area contributed by atoms with Crippen LogP contribution in [-0.2, 0) is 9.59 Å². The van der Waals surface area contributed by atoms with Crippen molar-refractivity contribution in [2.24, 2.45) is 0 Å². The second-order valence-electron chi connectivity index (χ2n) is 5.62. The van der Waals surface area contributed by atoms with Gasteiger partial charge in [-0.05, 0) is 25.7 Å². The highest BCUT2D eigenvalue weighted by molar-refractivity contribution is 6.00. The Bertz CT molecular complexity index is 353. The maximum absolute atomic E-state index is 12.7. The van der Waals surface area contributed by atoms with Crippen molar-refractivity contribution in [3.05, 3.63) is 0 Å². The molecule has 1 spiro atoms. The molecule has 1 saturated heterocycles. The minimum atomic E-state index is -0.683. The van der Waals surface area contributed by atoms with Crippen LogP contribution in [0.5, 0.6) is 0 Å². The fourth-order valence-corrected chi connectivity index (χ4v) is 3.30. The van der Waals surface area contributed by atoms with Crippen LogP contribution in [0, 0.1) is 0 Å². The monoisotopic (exact) mass is 270 g/mol. The fraction of sp³-hybridized carbons (Fsp3) is 0.857. The SMILES string of the molecule is CCCC1C(=O)NC2(CCCC2)C(=O)N1CCCF. The van der Waals surface area contributed by atoms with Gasteiger partial charge < -0.3 is 10.2 Å². The molecule has 108 valence electrons. The summed E-state index contributed by atoms with van der Waals surface area (Å²) in [5, 5.41) is 2.96. The Balaban J connectivity index is 2.20. The Kier molecular flexibility index (Phi) is 4.42. The summed E-state index contributed by atoms with van der Waals surface area (Å²) in [4.78, 5) is 26.6. The number of piperazine rings is 1. The number of hydrogen-bond donors (Lipinski definition) is 1. The number of alkyl halides is 1. The lowest BCUT2D eigenvalue weighted by Gasteiger charge is -2.44. The molecule has 1 atom stereocenters. The summed E-state index contributed by atoms with van der Waals surface area (Å²) >= 11 is 0. The minimum Gasteiger partial charge on any atom is -0.340 e. The summed E-state index contributed by atoms with van der Waals surface area (Å²) in [7, 11) is 0. The molecule has 1 saturated carbocycles. The van der Waals surface area contributed by atoms with E-state index < -0.39 is 18.3 Å². The second kappa shape index (κ2) is 5.88. The van der Waals surface area contributed by atoms with E-state index in [0.717, 1.165) is 32.1 Å². The summed E-state index contributed by atoms with van der Waals surface area (Å²) in [6.07, 6.45) is 5.20. The maximum atomic E-state index is 12.7. The molecule has 0 aromatic carbocycles. The average molecular weight is 270 g/mol. The van der Waals surface area contributed by atoms with Gasteiger partial charge in [0.2, 0.25) is 11.8 Å². The van der Waals surface area contributed by atoms with Crippen LogP contribution in [0.25, 0.3) is 0 Å². The smallest absolute Gasteiger partial charge is 0.249 e. The number of hydrogen-bond acceptors (Lipinski definition) is 2. The van der Waals surface area contributed by atoms with E-state index in [1.165, 1.54) is 0 Å². The molecule has 0 bridgehead atoms. The third-order valence-corrected chi connectivity index (χ3v) is 4.26. The molecular formula is C14H23FN2O2. The zero-order chi connectivity index (χ0) is 13.9. The quantitative estimate of drug-likeness (QED) is 0.828. The zero-order valence-corrected chi connectivity index (χ0v) is 11.6. The summed E-state index contributed by atoms with van der Waals surface area (Å²) < 4.78 is 12.4. The van der Waals surface area contributed by atoms with Gasteiger partial charge in [-0.25, -0.2) is 0 Å². The summed E-state index contributed by atoms with van der Waals surface area (Å²) in [5.41, 5.74) is -0.683. The highest BCUT2D eigenvalue weighted by Gasteiger charge is 2.51. The molecule has 1 heterocycles. The Labute approximate surface area is 113 Å². The van der Waals surface area contributed by atoms with Crippen LogP contribution in [0.15, 0.2) is 0 Å². The lowest BCUT2D eigenvalue weighted by molar-refractivity contribution is -0.155. The molecule has 0 aromatic rings. The lowest BCUT2D eigenvalue weighted by atomic mass is 9.89. The van der Waals surface area contributed by atoms with E-state index in [1.54, 1.807) is 4.90 Å². The normalized spacial score (nSPS) is 26.0. The third kappa shape index (κ3) is 2.60. The molecule has 1 aliphatic carbocycles. The summed E-state index contributed by atoms with van der Waals surface area (Å²) in [6.45, 7) is 1.90. The topological polar surface area (TPSA) is 49.4 Å². The van der Waals surface area contributed by atoms with Gasteiger partial charge in [-0.3, -0.25) is 14.0 Å². The van der Waals surface area contributed by atoms with Gasteiger partial charge in [0.1, 0.15) is 11.6 Å². The lowest BCUT2D eigenvalue weighted by Crippen LogP contribution is -2.69. The third-order valence-electron chi connectivity index (χ3n) is 4.26. The van der Waals surface area contributed by atoms with Crippen LogP contribution in [0.1, 0.15) is 51.9 Å². The van der Waals surface area contributed by atoms with Crippen LogP contribution in [0.4, 0.5) is 4.39 Å². The molecule has 1 unspecified atom stereocenters. The Morgan fingerprint density at radius 1 is 1.37 bits per heavy atom. The number of nitrogens with zero attached hydrogens (tertiary/aromatic N) is 1. The molecule has 2 aliphatic rings. The van der Waals surface area contributed by atoms with Crippen molar-refractivity contribution in [2.45, 2.75) is 63.5 Å². The van der Waals surface area contributed by atoms with Crippen molar-refractivity contribution in [1.82, 2.24) is 10.2 Å². The molecule has 0 aromatic heterocycles. The van der Waals surface area contributed by atoms with Gasteiger partial charge in [0.15, 0.2) is 0 Å². The van der Waals surface area contributed by atoms with Crippen LogP contribution in [-0.4, -0.2) is 41.5 Å². The molecule has 5 heteroatoms. The number of carbonyl (C=O) groups excluding carboxylic acids is 2. The number of nitrogens with one attached hydrogen (secondary N) is 1. The van der Waals surface area contributed by atoms with E-state index in [9.17, 15) is 14.0 Å². The molecule has 1 N–H and O–H groups in total. The van der Waals surface area contributed by atoms with E-state index in [4.69, 9.17) is 0 Å². The maximum Gasteiger partial charge on any atom is 0.249 e. The first-order chi connectivity index (χ1) is 9.14. The molecule has 19 heavy (non-hydrogen) atoms. The Morgan fingerprint density at radius 3 is 2.63 bits per heavy atom. The first kappa shape index (κ1) is 14.3. The van der Waals surface area contributed by atoms with Gasteiger partial charge in [-0.15, -0.1) is 0 Å². The first-order valence-electron chi connectivity index (χ1n) is 7.33. The molecule has 2 fully saturated rings. The van der Waals surface area contributed by atoms with Crippen LogP contribution < -0.4 is 5.32 Å². The largest absolute Gasteiger partial charge is 0.340 e. The van der Waals surface area contributed by atoms with Crippen molar-refractivity contribution in [2.75, 3.05) is 13.2 Å². The van der Waals surface area contributed by atoms with Crippen molar-refractivity contribution in [3.8, 4) is 0 Å². The van der Waals surface area contributed by atoms with Crippen molar-refractivity contribution in [1.29, 1.82) is 0 Å². The van der Waals surface area contributed by atoms with Crippen molar-refractivity contribution in [3.63, 3.8) is 0 Å². The highest BCUT2D eigenvalue weighted by Crippen LogP contribution is 2.35. The molecular weight excluding hydrogens is 247 g/mol.